The van der Waals surface area contributed by atoms with Gasteiger partial charge in [-0.3, -0.25) is 0 Å². The Morgan fingerprint density at radius 2 is 1.76 bits per heavy atom. The third-order valence-corrected chi connectivity index (χ3v) is 4.36. The van der Waals surface area contributed by atoms with E-state index in [9.17, 15) is 0 Å². The number of benzene rings is 1. The van der Waals surface area contributed by atoms with E-state index in [0.29, 0.717) is 6.10 Å². The van der Waals surface area contributed by atoms with Gasteiger partial charge in [0.05, 0.1) is 12.2 Å². The van der Waals surface area contributed by atoms with Crippen molar-refractivity contribution in [3.63, 3.8) is 0 Å². The summed E-state index contributed by atoms with van der Waals surface area (Å²) in [7, 11) is 0. The molecule has 1 aliphatic rings. The predicted octanol–water partition coefficient (Wildman–Crippen LogP) is 4.78. The van der Waals surface area contributed by atoms with E-state index >= 15 is 0 Å². The molecule has 1 unspecified atom stereocenters. The van der Waals surface area contributed by atoms with E-state index in [4.69, 9.17) is 4.74 Å². The maximum atomic E-state index is 6.48. The van der Waals surface area contributed by atoms with Gasteiger partial charge in [-0.1, -0.05) is 62.4 Å². The summed E-state index contributed by atoms with van der Waals surface area (Å²) in [5.74, 6) is 0. The molecule has 2 rings (SSSR count). The Labute approximate surface area is 130 Å². The second-order valence-corrected chi connectivity index (χ2v) is 6.35. The largest absolute Gasteiger partial charge is 0.369 e. The molecule has 0 heterocycles. The average Bonchev–Trinajstić information content (AvgIpc) is 2.76. The lowest BCUT2D eigenvalue weighted by Crippen LogP contribution is -2.27. The molecule has 0 radical (unpaired) electrons. The van der Waals surface area contributed by atoms with Crippen LogP contribution < -0.4 is 5.32 Å². The highest BCUT2D eigenvalue weighted by Gasteiger charge is 2.19. The minimum Gasteiger partial charge on any atom is -0.369 e. The maximum Gasteiger partial charge on any atom is 0.0952 e. The number of rotatable bonds is 7. The van der Waals surface area contributed by atoms with Crippen LogP contribution >= 0.6 is 0 Å². The maximum absolute atomic E-state index is 6.48. The third kappa shape index (κ3) is 5.80. The molecule has 1 aliphatic carbocycles. The van der Waals surface area contributed by atoms with Crippen molar-refractivity contribution in [3.05, 3.63) is 35.4 Å². The topological polar surface area (TPSA) is 21.3 Å². The number of hydrogen-bond donors (Lipinski definition) is 1. The molecular weight excluding hydrogens is 258 g/mol. The van der Waals surface area contributed by atoms with E-state index in [1.807, 2.05) is 0 Å². The van der Waals surface area contributed by atoms with Crippen LogP contribution in [-0.2, 0) is 4.74 Å². The Morgan fingerprint density at radius 1 is 1.10 bits per heavy atom. The van der Waals surface area contributed by atoms with Crippen molar-refractivity contribution in [2.75, 3.05) is 13.1 Å². The van der Waals surface area contributed by atoms with Crippen LogP contribution in [-0.4, -0.2) is 19.2 Å². The van der Waals surface area contributed by atoms with E-state index in [-0.39, 0.29) is 6.10 Å². The lowest BCUT2D eigenvalue weighted by Gasteiger charge is -2.25. The van der Waals surface area contributed by atoms with Gasteiger partial charge in [-0.2, -0.15) is 0 Å². The second kappa shape index (κ2) is 9.22. The molecule has 0 spiro atoms. The smallest absolute Gasteiger partial charge is 0.0952 e. The highest BCUT2D eigenvalue weighted by Crippen LogP contribution is 2.26. The van der Waals surface area contributed by atoms with Crippen LogP contribution in [0.15, 0.2) is 24.3 Å². The van der Waals surface area contributed by atoms with Crippen LogP contribution in [0.5, 0.6) is 0 Å². The van der Waals surface area contributed by atoms with Crippen molar-refractivity contribution in [2.24, 2.45) is 0 Å². The van der Waals surface area contributed by atoms with Crippen LogP contribution in [0.3, 0.4) is 0 Å². The summed E-state index contributed by atoms with van der Waals surface area (Å²) in [6, 6.07) is 8.84. The van der Waals surface area contributed by atoms with Gasteiger partial charge in [0.15, 0.2) is 0 Å². The Morgan fingerprint density at radius 3 is 2.38 bits per heavy atom. The van der Waals surface area contributed by atoms with Crippen molar-refractivity contribution in [1.82, 2.24) is 5.32 Å². The highest BCUT2D eigenvalue weighted by molar-refractivity contribution is 5.23. The van der Waals surface area contributed by atoms with E-state index in [1.54, 1.807) is 0 Å². The Hall–Kier alpha value is -0.860. The lowest BCUT2D eigenvalue weighted by atomic mass is 10.1. The quantitative estimate of drug-likeness (QED) is 0.576. The fourth-order valence-corrected chi connectivity index (χ4v) is 3.05. The van der Waals surface area contributed by atoms with Crippen molar-refractivity contribution < 1.29 is 4.74 Å². The summed E-state index contributed by atoms with van der Waals surface area (Å²) in [6.07, 6.45) is 9.69. The van der Waals surface area contributed by atoms with Gasteiger partial charge in [0.25, 0.3) is 0 Å². The van der Waals surface area contributed by atoms with E-state index in [2.05, 4.69) is 43.4 Å². The van der Waals surface area contributed by atoms with Crippen molar-refractivity contribution in [3.8, 4) is 0 Å². The number of nitrogens with one attached hydrogen (secondary N) is 1. The SMILES string of the molecule is CCCNCC(OC1CCCCCC1)c1ccc(C)cc1. The Kier molecular flexibility index (Phi) is 7.25. The zero-order chi connectivity index (χ0) is 14.9. The Bertz CT molecular complexity index is 379. The molecule has 21 heavy (non-hydrogen) atoms. The molecule has 2 nitrogen and oxygen atoms in total. The van der Waals surface area contributed by atoms with Crippen molar-refractivity contribution in [2.45, 2.75) is 71.0 Å². The standard InChI is InChI=1S/C19H31NO/c1-3-14-20-15-19(17-12-10-16(2)11-13-17)21-18-8-6-4-5-7-9-18/h10-13,18-20H,3-9,14-15H2,1-2H3. The molecule has 0 amide bonds. The van der Waals surface area contributed by atoms with Crippen LogP contribution in [0.2, 0.25) is 0 Å². The minimum atomic E-state index is 0.195. The van der Waals surface area contributed by atoms with E-state index in [0.717, 1.165) is 13.1 Å². The molecule has 0 aromatic heterocycles. The first-order chi connectivity index (χ1) is 10.3. The molecule has 1 aromatic carbocycles. The lowest BCUT2D eigenvalue weighted by molar-refractivity contribution is -0.0200. The number of aryl methyl sites for hydroxylation is 1. The molecule has 1 aromatic rings. The molecule has 0 bridgehead atoms. The van der Waals surface area contributed by atoms with Crippen LogP contribution in [0, 0.1) is 6.92 Å². The molecule has 1 atom stereocenters. The van der Waals surface area contributed by atoms with Gasteiger partial charge in [0, 0.05) is 6.54 Å². The molecule has 1 N–H and O–H groups in total. The van der Waals surface area contributed by atoms with Crippen molar-refractivity contribution >= 4 is 0 Å². The van der Waals surface area contributed by atoms with E-state index in [1.165, 1.54) is 56.1 Å². The molecular formula is C19H31NO. The van der Waals surface area contributed by atoms with Gasteiger partial charge in [0.2, 0.25) is 0 Å². The fraction of sp³-hybridized carbons (Fsp3) is 0.684. The monoisotopic (exact) mass is 289 g/mol. The van der Waals surface area contributed by atoms with Gasteiger partial charge in [-0.15, -0.1) is 0 Å². The first-order valence-electron chi connectivity index (χ1n) is 8.72. The van der Waals surface area contributed by atoms with Crippen LogP contribution in [0.4, 0.5) is 0 Å². The zero-order valence-electron chi connectivity index (χ0n) is 13.7. The molecule has 1 fully saturated rings. The van der Waals surface area contributed by atoms with Crippen LogP contribution in [0.25, 0.3) is 0 Å². The molecule has 0 saturated heterocycles. The fourth-order valence-electron chi connectivity index (χ4n) is 3.05. The first-order valence-corrected chi connectivity index (χ1v) is 8.72. The summed E-state index contributed by atoms with van der Waals surface area (Å²) in [5, 5.41) is 3.53. The molecule has 1 saturated carbocycles. The number of hydrogen-bond acceptors (Lipinski definition) is 2. The van der Waals surface area contributed by atoms with Gasteiger partial charge >= 0.3 is 0 Å². The van der Waals surface area contributed by atoms with Gasteiger partial charge in [-0.05, 0) is 38.3 Å². The summed E-state index contributed by atoms with van der Waals surface area (Å²) in [4.78, 5) is 0. The second-order valence-electron chi connectivity index (χ2n) is 6.35. The minimum absolute atomic E-state index is 0.195. The summed E-state index contributed by atoms with van der Waals surface area (Å²) >= 11 is 0. The van der Waals surface area contributed by atoms with Gasteiger partial charge in [0.1, 0.15) is 0 Å². The predicted molar refractivity (Wildman–Crippen MR) is 89.7 cm³/mol. The summed E-state index contributed by atoms with van der Waals surface area (Å²) < 4.78 is 6.48. The highest BCUT2D eigenvalue weighted by atomic mass is 16.5. The van der Waals surface area contributed by atoms with Crippen LogP contribution in [0.1, 0.15) is 69.1 Å². The molecule has 2 heteroatoms. The van der Waals surface area contributed by atoms with Gasteiger partial charge < -0.3 is 10.1 Å². The van der Waals surface area contributed by atoms with Gasteiger partial charge in [-0.25, -0.2) is 0 Å². The van der Waals surface area contributed by atoms with Crippen molar-refractivity contribution in [1.29, 1.82) is 0 Å². The first kappa shape index (κ1) is 16.5. The number of ether oxygens (including phenoxy) is 1. The molecule has 0 aliphatic heterocycles. The summed E-state index contributed by atoms with van der Waals surface area (Å²) in [6.45, 7) is 6.34. The average molecular weight is 289 g/mol. The zero-order valence-corrected chi connectivity index (χ0v) is 13.7. The molecule has 118 valence electrons. The Balaban J connectivity index is 1.98. The summed E-state index contributed by atoms with van der Waals surface area (Å²) in [5.41, 5.74) is 2.63. The third-order valence-electron chi connectivity index (χ3n) is 4.36. The van der Waals surface area contributed by atoms with E-state index < -0.39 is 0 Å². The normalized spacial score (nSPS) is 18.4.